The van der Waals surface area contributed by atoms with Gasteiger partial charge in [-0.2, -0.15) is 0 Å². The molecule has 0 aromatic carbocycles. The molecule has 0 bridgehead atoms. The van der Waals surface area contributed by atoms with Gasteiger partial charge in [0, 0.05) is 0 Å². The van der Waals surface area contributed by atoms with E-state index in [0.29, 0.717) is 0 Å². The van der Waals surface area contributed by atoms with Gasteiger partial charge >= 0.3 is 0 Å². The molecule has 0 amide bonds. The summed E-state index contributed by atoms with van der Waals surface area (Å²) in [6.45, 7) is 10.1. The molecule has 112 valence electrons. The van der Waals surface area contributed by atoms with Crippen LogP contribution in [0.3, 0.4) is 0 Å². The Hall–Kier alpha value is -0.260. The van der Waals surface area contributed by atoms with Crippen molar-refractivity contribution in [2.45, 2.75) is 90.4 Å². The van der Waals surface area contributed by atoms with E-state index >= 15 is 0 Å². The molecule has 0 spiro atoms. The van der Waals surface area contributed by atoms with Crippen molar-refractivity contribution in [1.29, 1.82) is 0 Å². The summed E-state index contributed by atoms with van der Waals surface area (Å²) in [6.07, 6.45) is 21.8. The van der Waals surface area contributed by atoms with Crippen LogP contribution in [0.25, 0.3) is 0 Å². The highest BCUT2D eigenvalue weighted by atomic mass is 14.1. The second-order valence-corrected chi connectivity index (χ2v) is 5.73. The highest BCUT2D eigenvalue weighted by Crippen LogP contribution is 2.20. The van der Waals surface area contributed by atoms with Crippen molar-refractivity contribution in [3.8, 4) is 0 Å². The fourth-order valence-electron chi connectivity index (χ4n) is 2.57. The minimum absolute atomic E-state index is 0.967. The van der Waals surface area contributed by atoms with Crippen molar-refractivity contribution >= 4 is 0 Å². The van der Waals surface area contributed by atoms with E-state index in [4.69, 9.17) is 0 Å². The third kappa shape index (κ3) is 14.0. The number of rotatable bonds is 14. The molecule has 2 radical (unpaired) electrons. The SMILES string of the molecule is [CH2]CCC=CCCCC(CC)CCCCCCC[CH2]. The average Bonchev–Trinajstić information content (AvgIpc) is 2.44. The maximum absolute atomic E-state index is 3.90. The van der Waals surface area contributed by atoms with E-state index in [1.807, 2.05) is 0 Å². The van der Waals surface area contributed by atoms with Gasteiger partial charge < -0.3 is 0 Å². The fourth-order valence-corrected chi connectivity index (χ4v) is 2.57. The van der Waals surface area contributed by atoms with Crippen molar-refractivity contribution in [3.05, 3.63) is 26.0 Å². The molecule has 0 heteroatoms. The lowest BCUT2D eigenvalue weighted by atomic mass is 9.93. The van der Waals surface area contributed by atoms with Gasteiger partial charge in [0.2, 0.25) is 0 Å². The van der Waals surface area contributed by atoms with E-state index in [9.17, 15) is 0 Å². The van der Waals surface area contributed by atoms with Crippen LogP contribution in [0.4, 0.5) is 0 Å². The Bertz CT molecular complexity index is 180. The topological polar surface area (TPSA) is 0 Å². The summed E-state index contributed by atoms with van der Waals surface area (Å²) in [5.41, 5.74) is 0. The molecular weight excluding hydrogens is 228 g/mol. The predicted molar refractivity (Wildman–Crippen MR) is 89.0 cm³/mol. The van der Waals surface area contributed by atoms with Crippen LogP contribution in [-0.4, -0.2) is 0 Å². The van der Waals surface area contributed by atoms with Crippen LogP contribution in [0.5, 0.6) is 0 Å². The van der Waals surface area contributed by atoms with Gasteiger partial charge in [-0.05, 0) is 31.6 Å². The number of allylic oxidation sites excluding steroid dienone is 2. The average molecular weight is 264 g/mol. The second kappa shape index (κ2) is 15.8. The number of unbranched alkanes of at least 4 members (excludes halogenated alkanes) is 7. The summed E-state index contributed by atoms with van der Waals surface area (Å²) >= 11 is 0. The fraction of sp³-hybridized carbons (Fsp3) is 0.789. The molecule has 1 unspecified atom stereocenters. The molecule has 0 fully saturated rings. The van der Waals surface area contributed by atoms with Crippen LogP contribution < -0.4 is 0 Å². The van der Waals surface area contributed by atoms with E-state index < -0.39 is 0 Å². The van der Waals surface area contributed by atoms with Crippen LogP contribution in [0.2, 0.25) is 0 Å². The molecule has 1 atom stereocenters. The Morgan fingerprint density at radius 1 is 0.737 bits per heavy atom. The van der Waals surface area contributed by atoms with Crippen molar-refractivity contribution in [1.82, 2.24) is 0 Å². The lowest BCUT2D eigenvalue weighted by molar-refractivity contribution is 0.403. The highest BCUT2D eigenvalue weighted by molar-refractivity contribution is 4.81. The minimum Gasteiger partial charge on any atom is -0.0885 e. The Balaban J connectivity index is 3.39. The Kier molecular flexibility index (Phi) is 15.6. The molecule has 0 aliphatic heterocycles. The van der Waals surface area contributed by atoms with Crippen molar-refractivity contribution < 1.29 is 0 Å². The summed E-state index contributed by atoms with van der Waals surface area (Å²) < 4.78 is 0. The van der Waals surface area contributed by atoms with Gasteiger partial charge in [0.05, 0.1) is 0 Å². The maximum atomic E-state index is 3.90. The quantitative estimate of drug-likeness (QED) is 0.236. The summed E-state index contributed by atoms with van der Waals surface area (Å²) in [6, 6.07) is 0. The molecule has 0 rings (SSSR count). The minimum atomic E-state index is 0.967. The van der Waals surface area contributed by atoms with Crippen molar-refractivity contribution in [2.75, 3.05) is 0 Å². The smallest absolute Gasteiger partial charge is 0.0351 e. The van der Waals surface area contributed by atoms with Gasteiger partial charge in [0.1, 0.15) is 0 Å². The van der Waals surface area contributed by atoms with Crippen LogP contribution in [0, 0.1) is 19.8 Å². The molecule has 0 N–H and O–H groups in total. The van der Waals surface area contributed by atoms with Crippen LogP contribution in [0.1, 0.15) is 90.4 Å². The van der Waals surface area contributed by atoms with Gasteiger partial charge in [-0.25, -0.2) is 0 Å². The van der Waals surface area contributed by atoms with Gasteiger partial charge in [-0.3, -0.25) is 0 Å². The largest absolute Gasteiger partial charge is 0.0885 e. The molecule has 0 aliphatic carbocycles. The molecule has 0 heterocycles. The first-order chi connectivity index (χ1) is 9.35. The van der Waals surface area contributed by atoms with Crippen LogP contribution in [0.15, 0.2) is 12.2 Å². The zero-order valence-electron chi connectivity index (χ0n) is 13.3. The lowest BCUT2D eigenvalue weighted by Crippen LogP contribution is -1.98. The first-order valence-corrected chi connectivity index (χ1v) is 8.58. The normalized spacial score (nSPS) is 13.2. The summed E-state index contributed by atoms with van der Waals surface area (Å²) in [5, 5.41) is 0. The van der Waals surface area contributed by atoms with Crippen LogP contribution in [-0.2, 0) is 0 Å². The van der Waals surface area contributed by atoms with Gasteiger partial charge in [-0.1, -0.05) is 90.7 Å². The summed E-state index contributed by atoms with van der Waals surface area (Å²) in [4.78, 5) is 0. The van der Waals surface area contributed by atoms with Gasteiger partial charge in [0.25, 0.3) is 0 Å². The molecule has 0 aromatic heterocycles. The van der Waals surface area contributed by atoms with E-state index in [2.05, 4.69) is 32.9 Å². The summed E-state index contributed by atoms with van der Waals surface area (Å²) in [5.74, 6) is 0.967. The molecular formula is C19H36. The van der Waals surface area contributed by atoms with Crippen molar-refractivity contribution in [3.63, 3.8) is 0 Å². The molecule has 0 aliphatic rings. The second-order valence-electron chi connectivity index (χ2n) is 5.73. The maximum Gasteiger partial charge on any atom is -0.0351 e. The summed E-state index contributed by atoms with van der Waals surface area (Å²) in [7, 11) is 0. The molecule has 0 saturated carbocycles. The predicted octanol–water partition coefficient (Wildman–Crippen LogP) is 6.92. The van der Waals surface area contributed by atoms with Crippen molar-refractivity contribution in [2.24, 2.45) is 5.92 Å². The van der Waals surface area contributed by atoms with E-state index in [-0.39, 0.29) is 0 Å². The third-order valence-electron chi connectivity index (χ3n) is 3.96. The first-order valence-electron chi connectivity index (χ1n) is 8.58. The molecule has 0 saturated heterocycles. The Morgan fingerprint density at radius 2 is 1.37 bits per heavy atom. The lowest BCUT2D eigenvalue weighted by Gasteiger charge is -2.13. The first kappa shape index (κ1) is 18.7. The van der Waals surface area contributed by atoms with E-state index in [1.54, 1.807) is 0 Å². The monoisotopic (exact) mass is 264 g/mol. The van der Waals surface area contributed by atoms with E-state index in [0.717, 1.165) is 25.2 Å². The zero-order chi connectivity index (χ0) is 14.2. The number of hydrogen-bond acceptors (Lipinski definition) is 0. The van der Waals surface area contributed by atoms with E-state index in [1.165, 1.54) is 64.2 Å². The van der Waals surface area contributed by atoms with Gasteiger partial charge in [0.15, 0.2) is 0 Å². The molecule has 0 nitrogen and oxygen atoms in total. The molecule has 19 heavy (non-hydrogen) atoms. The van der Waals surface area contributed by atoms with Crippen LogP contribution >= 0.6 is 0 Å². The Labute approximate surface area is 123 Å². The standard InChI is InChI=1S/C19H36/c1-4-7-9-11-13-15-17-19(6-3)18-16-14-12-10-8-5-2/h9,11,19H,1-2,4-8,10,12-18H2,3H3. The third-order valence-corrected chi connectivity index (χ3v) is 3.96. The highest BCUT2D eigenvalue weighted by Gasteiger charge is 2.05. The Morgan fingerprint density at radius 3 is 2.05 bits per heavy atom. The number of hydrogen-bond donors (Lipinski definition) is 0. The van der Waals surface area contributed by atoms with Gasteiger partial charge in [-0.15, -0.1) is 0 Å². The zero-order valence-corrected chi connectivity index (χ0v) is 13.3. The molecule has 0 aromatic rings.